The molecule has 0 aliphatic carbocycles. The fraction of sp³-hybridized carbons (Fsp3) is 0.222. The molecule has 2 rings (SSSR count). The molecule has 0 amide bonds. The normalized spacial score (nSPS) is 12.3. The number of alkyl halides is 3. The second-order valence-corrected chi connectivity index (χ2v) is 3.77. The first kappa shape index (κ1) is 11.3. The van der Waals surface area contributed by atoms with Crippen LogP contribution in [0.2, 0.25) is 0 Å². The minimum absolute atomic E-state index is 0.0605. The Morgan fingerprint density at radius 2 is 2.06 bits per heavy atom. The van der Waals surface area contributed by atoms with Crippen molar-refractivity contribution in [3.63, 3.8) is 0 Å². The summed E-state index contributed by atoms with van der Waals surface area (Å²) in [6.45, 7) is 1.35. The first-order valence-corrected chi connectivity index (χ1v) is 4.95. The van der Waals surface area contributed by atoms with E-state index in [-0.39, 0.29) is 23.5 Å². The molecule has 86 valence electrons. The zero-order valence-electron chi connectivity index (χ0n) is 8.05. The summed E-state index contributed by atoms with van der Waals surface area (Å²) in [6, 6.07) is 1.42. The summed E-state index contributed by atoms with van der Waals surface area (Å²) in [7, 11) is 0. The maximum atomic E-state index is 12.5. The summed E-state index contributed by atoms with van der Waals surface area (Å²) in [6.07, 6.45) is -2.36. The quantitative estimate of drug-likeness (QED) is 0.717. The molecule has 2 aromatic heterocycles. The Labute approximate surface area is 92.7 Å². The van der Waals surface area contributed by atoms with Crippen LogP contribution in [0.1, 0.15) is 11.1 Å². The van der Waals surface area contributed by atoms with Crippen LogP contribution in [-0.2, 0) is 6.18 Å². The van der Waals surface area contributed by atoms with Crippen molar-refractivity contribution in [3.8, 4) is 0 Å². The highest BCUT2D eigenvalue weighted by molar-refractivity contribution is 7.92. The number of hydrogen-bond donors (Lipinski definition) is 0. The lowest BCUT2D eigenvalue weighted by molar-refractivity contribution is -0.138. The van der Waals surface area contributed by atoms with Crippen molar-refractivity contribution in [3.05, 3.63) is 29.6 Å². The fourth-order valence-corrected chi connectivity index (χ4v) is 1.85. The minimum atomic E-state index is -4.43. The van der Waals surface area contributed by atoms with Crippen molar-refractivity contribution in [1.82, 2.24) is 8.96 Å². The van der Waals surface area contributed by atoms with Gasteiger partial charge in [0.15, 0.2) is 18.0 Å². The Bertz CT molecular complexity index is 532. The molecule has 2 aromatic rings. The van der Waals surface area contributed by atoms with E-state index in [4.69, 9.17) is 0 Å². The van der Waals surface area contributed by atoms with Gasteiger partial charge in [-0.2, -0.15) is 13.2 Å². The zero-order chi connectivity index (χ0) is 11.9. The van der Waals surface area contributed by atoms with Crippen LogP contribution < -0.4 is 0 Å². The third kappa shape index (κ3) is 1.64. The number of nitrogens with zero attached hydrogens (tertiary/aromatic N) is 2. The van der Waals surface area contributed by atoms with Crippen molar-refractivity contribution in [2.45, 2.75) is 13.1 Å². The van der Waals surface area contributed by atoms with Crippen LogP contribution in [0.25, 0.3) is 11.0 Å². The predicted molar refractivity (Wildman–Crippen MR) is 53.6 cm³/mol. The molecule has 0 radical (unpaired) electrons. The van der Waals surface area contributed by atoms with Crippen LogP contribution in [0, 0.1) is 6.92 Å². The lowest BCUT2D eigenvalue weighted by atomic mass is 10.1. The molecule has 0 aliphatic heterocycles. The molecular formula is C9H6F4N2S. The van der Waals surface area contributed by atoms with E-state index in [1.807, 2.05) is 0 Å². The van der Waals surface area contributed by atoms with Crippen LogP contribution in [0.5, 0.6) is 0 Å². The lowest BCUT2D eigenvalue weighted by Crippen LogP contribution is -2.08. The van der Waals surface area contributed by atoms with E-state index >= 15 is 0 Å². The van der Waals surface area contributed by atoms with E-state index in [1.54, 1.807) is 0 Å². The first-order valence-electron chi connectivity index (χ1n) is 4.28. The molecule has 0 saturated carbocycles. The van der Waals surface area contributed by atoms with Crippen LogP contribution in [0.15, 0.2) is 18.5 Å². The van der Waals surface area contributed by atoms with Gasteiger partial charge in [0.2, 0.25) is 0 Å². The van der Waals surface area contributed by atoms with E-state index in [2.05, 4.69) is 4.98 Å². The van der Waals surface area contributed by atoms with E-state index in [0.29, 0.717) is 5.39 Å². The molecule has 2 heterocycles. The molecule has 0 saturated heterocycles. The zero-order valence-corrected chi connectivity index (χ0v) is 8.86. The van der Waals surface area contributed by atoms with Crippen molar-refractivity contribution in [1.29, 1.82) is 0 Å². The second kappa shape index (κ2) is 3.65. The number of fused-ring (bicyclic) bond motifs is 1. The van der Waals surface area contributed by atoms with Gasteiger partial charge in [-0.15, -0.1) is 3.89 Å². The average molecular weight is 250 g/mol. The van der Waals surface area contributed by atoms with Gasteiger partial charge in [-0.1, -0.05) is 0 Å². The van der Waals surface area contributed by atoms with Gasteiger partial charge >= 0.3 is 6.18 Å². The Kier molecular flexibility index (Phi) is 2.57. The van der Waals surface area contributed by atoms with Crippen molar-refractivity contribution in [2.24, 2.45) is 0 Å². The molecule has 0 spiro atoms. The number of pyridine rings is 1. The third-order valence-electron chi connectivity index (χ3n) is 2.33. The second-order valence-electron chi connectivity index (χ2n) is 3.24. The highest BCUT2D eigenvalue weighted by Gasteiger charge is 2.33. The molecule has 16 heavy (non-hydrogen) atoms. The Morgan fingerprint density at radius 1 is 1.38 bits per heavy atom. The van der Waals surface area contributed by atoms with Gasteiger partial charge in [0.1, 0.15) is 0 Å². The molecule has 0 aromatic carbocycles. The molecule has 7 heteroatoms. The molecule has 0 N–H and O–H groups in total. The Hall–Kier alpha value is -1.24. The van der Waals surface area contributed by atoms with E-state index in [0.717, 1.165) is 10.2 Å². The van der Waals surface area contributed by atoms with E-state index < -0.39 is 11.7 Å². The summed E-state index contributed by atoms with van der Waals surface area (Å²) in [4.78, 5) is 3.62. The number of aryl methyl sites for hydroxylation is 1. The summed E-state index contributed by atoms with van der Waals surface area (Å²) in [5.74, 6) is 0. The minimum Gasteiger partial charge on any atom is -0.247 e. The fourth-order valence-electron chi connectivity index (χ4n) is 1.53. The van der Waals surface area contributed by atoms with Gasteiger partial charge in [-0.25, -0.2) is 8.96 Å². The number of rotatable bonds is 1. The van der Waals surface area contributed by atoms with E-state index in [1.165, 1.54) is 19.2 Å². The number of halogens is 4. The van der Waals surface area contributed by atoms with Gasteiger partial charge < -0.3 is 0 Å². The van der Waals surface area contributed by atoms with Crippen molar-refractivity contribution < 1.29 is 17.1 Å². The molecular weight excluding hydrogens is 244 g/mol. The molecule has 0 atom stereocenters. The Morgan fingerprint density at radius 3 is 2.62 bits per heavy atom. The van der Waals surface area contributed by atoms with Crippen LogP contribution in [-0.4, -0.2) is 8.96 Å². The van der Waals surface area contributed by atoms with Gasteiger partial charge in [-0.05, 0) is 18.6 Å². The maximum Gasteiger partial charge on any atom is 0.418 e. The summed E-state index contributed by atoms with van der Waals surface area (Å²) in [5, 5.41) is 0.306. The number of aromatic nitrogens is 2. The molecule has 0 aliphatic rings. The molecule has 2 nitrogen and oxygen atoms in total. The molecule has 0 bridgehead atoms. The van der Waals surface area contributed by atoms with Crippen molar-refractivity contribution in [2.75, 3.05) is 0 Å². The predicted octanol–water partition coefficient (Wildman–Crippen LogP) is 3.74. The van der Waals surface area contributed by atoms with Crippen LogP contribution >= 0.6 is 12.3 Å². The van der Waals surface area contributed by atoms with Crippen LogP contribution in [0.4, 0.5) is 17.1 Å². The van der Waals surface area contributed by atoms with Gasteiger partial charge in [0.05, 0.1) is 5.56 Å². The third-order valence-corrected chi connectivity index (χ3v) is 2.77. The molecule has 0 unspecified atom stereocenters. The lowest BCUT2D eigenvalue weighted by Gasteiger charge is -2.10. The van der Waals surface area contributed by atoms with Gasteiger partial charge in [-0.3, -0.25) is 0 Å². The van der Waals surface area contributed by atoms with Crippen LogP contribution in [0.3, 0.4) is 0 Å². The topological polar surface area (TPSA) is 17.8 Å². The first-order chi connectivity index (χ1) is 7.45. The van der Waals surface area contributed by atoms with E-state index in [9.17, 15) is 17.1 Å². The molecule has 0 fully saturated rings. The van der Waals surface area contributed by atoms with Crippen molar-refractivity contribution >= 4 is 23.4 Å². The maximum absolute atomic E-state index is 12.5. The smallest absolute Gasteiger partial charge is 0.247 e. The summed E-state index contributed by atoms with van der Waals surface area (Å²) >= 11 is -0.100. The highest BCUT2D eigenvalue weighted by Crippen LogP contribution is 2.34. The highest BCUT2D eigenvalue weighted by atomic mass is 32.2. The summed E-state index contributed by atoms with van der Waals surface area (Å²) in [5.41, 5.74) is -0.537. The largest absolute Gasteiger partial charge is 0.418 e. The summed E-state index contributed by atoms with van der Waals surface area (Å²) < 4.78 is 51.1. The SMILES string of the molecule is Cc1c(C(F)(F)F)cnc2c1ccn2SF. The monoisotopic (exact) mass is 250 g/mol. The van der Waals surface area contributed by atoms with Gasteiger partial charge in [0, 0.05) is 17.8 Å². The Balaban J connectivity index is 2.72. The average Bonchev–Trinajstić information content (AvgIpc) is 2.60. The number of hydrogen-bond acceptors (Lipinski definition) is 2. The van der Waals surface area contributed by atoms with Gasteiger partial charge in [0.25, 0.3) is 0 Å². The standard InChI is InChI=1S/C9H6F4N2S/c1-5-6-2-3-15(16-13)8(6)14-4-7(5)9(10,11)12/h2-4H,1H3.